The van der Waals surface area contributed by atoms with Crippen molar-refractivity contribution in [2.75, 3.05) is 19.6 Å². The number of H-pyrrole nitrogens is 1. The maximum atomic E-state index is 13.0. The summed E-state index contributed by atoms with van der Waals surface area (Å²) >= 11 is 0. The van der Waals surface area contributed by atoms with Gasteiger partial charge in [-0.2, -0.15) is 4.31 Å². The Labute approximate surface area is 170 Å². The molecule has 0 atom stereocenters. The van der Waals surface area contributed by atoms with Gasteiger partial charge >= 0.3 is 0 Å². The van der Waals surface area contributed by atoms with Gasteiger partial charge in [-0.25, -0.2) is 13.4 Å². The molecule has 1 aliphatic rings. The van der Waals surface area contributed by atoms with Crippen LogP contribution in [0.3, 0.4) is 0 Å². The van der Waals surface area contributed by atoms with E-state index in [1.807, 2.05) is 24.3 Å². The first-order valence-electron chi connectivity index (χ1n) is 9.87. The summed E-state index contributed by atoms with van der Waals surface area (Å²) in [6.07, 6.45) is 3.27. The first-order valence-corrected chi connectivity index (χ1v) is 11.3. The highest BCUT2D eigenvalue weighted by Crippen LogP contribution is 2.23. The minimum atomic E-state index is -3.68. The fourth-order valence-electron chi connectivity index (χ4n) is 3.64. The van der Waals surface area contributed by atoms with Gasteiger partial charge in [-0.3, -0.25) is 4.79 Å². The van der Waals surface area contributed by atoms with E-state index in [2.05, 4.69) is 15.3 Å². The largest absolute Gasteiger partial charge is 0.352 e. The molecular formula is C21H24N4O3S. The molecule has 3 aromatic rings. The number of aromatic nitrogens is 2. The second kappa shape index (κ2) is 8.34. The Morgan fingerprint density at radius 2 is 1.76 bits per heavy atom. The number of benzene rings is 2. The van der Waals surface area contributed by atoms with Crippen LogP contribution in [0.15, 0.2) is 53.4 Å². The highest BCUT2D eigenvalue weighted by molar-refractivity contribution is 7.89. The van der Waals surface area contributed by atoms with Crippen LogP contribution in [-0.4, -0.2) is 48.2 Å². The lowest BCUT2D eigenvalue weighted by atomic mass is 10.2. The van der Waals surface area contributed by atoms with Gasteiger partial charge < -0.3 is 10.3 Å². The van der Waals surface area contributed by atoms with Gasteiger partial charge in [0.05, 0.1) is 21.5 Å². The Kier molecular flexibility index (Phi) is 5.64. The summed E-state index contributed by atoms with van der Waals surface area (Å²) in [7, 11) is -3.68. The smallest absolute Gasteiger partial charge is 0.252 e. The highest BCUT2D eigenvalue weighted by atomic mass is 32.2. The van der Waals surface area contributed by atoms with Gasteiger partial charge in [-0.15, -0.1) is 0 Å². The summed E-state index contributed by atoms with van der Waals surface area (Å²) in [6, 6.07) is 14.2. The zero-order chi connectivity index (χ0) is 20.3. The second-order valence-corrected chi connectivity index (χ2v) is 9.07. The van der Waals surface area contributed by atoms with Crippen LogP contribution in [0, 0.1) is 0 Å². The molecule has 0 aliphatic carbocycles. The molecule has 2 heterocycles. The van der Waals surface area contributed by atoms with Gasteiger partial charge in [0, 0.05) is 26.1 Å². The third-order valence-corrected chi connectivity index (χ3v) is 7.11. The number of carbonyl (C=O) groups excluding carboxylic acids is 1. The molecule has 2 aromatic carbocycles. The molecule has 1 amide bonds. The fourth-order valence-corrected chi connectivity index (χ4v) is 5.34. The van der Waals surface area contributed by atoms with Gasteiger partial charge in [-0.05, 0) is 37.1 Å². The molecule has 0 radical (unpaired) electrons. The lowest BCUT2D eigenvalue weighted by Gasteiger charge is -2.26. The lowest BCUT2D eigenvalue weighted by molar-refractivity contribution is 0.0950. The normalized spacial score (nSPS) is 15.4. The summed E-state index contributed by atoms with van der Waals surface area (Å²) in [6.45, 7) is 1.37. The summed E-state index contributed by atoms with van der Waals surface area (Å²) in [5, 5.41) is 2.83. The molecule has 152 valence electrons. The summed E-state index contributed by atoms with van der Waals surface area (Å²) in [4.78, 5) is 20.5. The summed E-state index contributed by atoms with van der Waals surface area (Å²) in [5.74, 6) is 0.387. The molecular weight excluding hydrogens is 388 g/mol. The average Bonchev–Trinajstić information content (AvgIpc) is 3.17. The van der Waals surface area contributed by atoms with E-state index in [1.54, 1.807) is 18.2 Å². The molecule has 0 bridgehead atoms. The third kappa shape index (κ3) is 4.18. The number of piperidine rings is 1. The number of sulfonamides is 1. The molecule has 1 saturated heterocycles. The zero-order valence-corrected chi connectivity index (χ0v) is 16.9. The van der Waals surface area contributed by atoms with Crippen molar-refractivity contribution in [3.05, 3.63) is 59.9 Å². The van der Waals surface area contributed by atoms with Gasteiger partial charge in [0.1, 0.15) is 5.82 Å². The van der Waals surface area contributed by atoms with E-state index < -0.39 is 15.9 Å². The van der Waals surface area contributed by atoms with E-state index in [0.29, 0.717) is 26.1 Å². The zero-order valence-electron chi connectivity index (χ0n) is 16.1. The number of carbonyl (C=O) groups is 1. The second-order valence-electron chi connectivity index (χ2n) is 7.17. The molecule has 2 N–H and O–H groups in total. The maximum Gasteiger partial charge on any atom is 0.252 e. The van der Waals surface area contributed by atoms with Crippen LogP contribution in [0.2, 0.25) is 0 Å². The van der Waals surface area contributed by atoms with Crippen molar-refractivity contribution >= 4 is 27.0 Å². The molecule has 7 nitrogen and oxygen atoms in total. The first-order chi connectivity index (χ1) is 14.1. The van der Waals surface area contributed by atoms with Gasteiger partial charge in [0.2, 0.25) is 10.0 Å². The predicted octanol–water partition coefficient (Wildman–Crippen LogP) is 2.71. The van der Waals surface area contributed by atoms with Crippen LogP contribution in [0.1, 0.15) is 35.4 Å². The Hall–Kier alpha value is -2.71. The number of amides is 1. The predicted molar refractivity (Wildman–Crippen MR) is 111 cm³/mol. The molecule has 0 unspecified atom stereocenters. The first kappa shape index (κ1) is 19.6. The number of hydrogen-bond acceptors (Lipinski definition) is 4. The molecule has 0 saturated carbocycles. The number of para-hydroxylation sites is 2. The topological polar surface area (TPSA) is 95.2 Å². The third-order valence-electron chi connectivity index (χ3n) is 5.15. The van der Waals surface area contributed by atoms with E-state index in [1.165, 1.54) is 10.4 Å². The van der Waals surface area contributed by atoms with Crippen LogP contribution in [0.25, 0.3) is 11.0 Å². The van der Waals surface area contributed by atoms with Crippen LogP contribution in [0.5, 0.6) is 0 Å². The number of hydrogen-bond donors (Lipinski definition) is 2. The summed E-state index contributed by atoms with van der Waals surface area (Å²) in [5.41, 5.74) is 2.02. The Morgan fingerprint density at radius 1 is 1.03 bits per heavy atom. The highest BCUT2D eigenvalue weighted by Gasteiger charge is 2.29. The van der Waals surface area contributed by atoms with E-state index in [-0.39, 0.29) is 10.5 Å². The molecule has 1 fully saturated rings. The quantitative estimate of drug-likeness (QED) is 0.651. The van der Waals surface area contributed by atoms with E-state index in [0.717, 1.165) is 36.1 Å². The van der Waals surface area contributed by atoms with Crippen molar-refractivity contribution < 1.29 is 13.2 Å². The van der Waals surface area contributed by atoms with Crippen molar-refractivity contribution in [1.82, 2.24) is 19.6 Å². The van der Waals surface area contributed by atoms with Gasteiger partial charge in [0.25, 0.3) is 5.91 Å². The van der Waals surface area contributed by atoms with Gasteiger partial charge in [0.15, 0.2) is 0 Å². The molecule has 1 aromatic heterocycles. The molecule has 29 heavy (non-hydrogen) atoms. The number of nitrogens with zero attached hydrogens (tertiary/aromatic N) is 2. The van der Waals surface area contributed by atoms with E-state index >= 15 is 0 Å². The van der Waals surface area contributed by atoms with Gasteiger partial charge in [-0.1, -0.05) is 30.7 Å². The molecule has 8 heteroatoms. The fraction of sp³-hybridized carbons (Fsp3) is 0.333. The van der Waals surface area contributed by atoms with Crippen molar-refractivity contribution in [3.63, 3.8) is 0 Å². The molecule has 1 aliphatic heterocycles. The average molecular weight is 413 g/mol. The van der Waals surface area contributed by atoms with E-state index in [9.17, 15) is 13.2 Å². The van der Waals surface area contributed by atoms with Crippen molar-refractivity contribution in [3.8, 4) is 0 Å². The number of rotatable bonds is 6. The Balaban J connectivity index is 1.46. The van der Waals surface area contributed by atoms with E-state index in [4.69, 9.17) is 0 Å². The molecule has 0 spiro atoms. The standard InChI is InChI=1S/C21H24N4O3S/c26-21(22-13-12-20-23-17-9-3-4-10-18(17)24-20)16-8-2-5-11-19(16)29(27,28)25-14-6-1-7-15-25/h2-5,8-11H,1,6-7,12-15H2,(H,22,26)(H,23,24). The van der Waals surface area contributed by atoms with Crippen molar-refractivity contribution in [2.45, 2.75) is 30.6 Å². The Bertz CT molecular complexity index is 1080. The maximum absolute atomic E-state index is 13.0. The number of nitrogens with one attached hydrogen (secondary N) is 2. The van der Waals surface area contributed by atoms with Crippen molar-refractivity contribution in [2.24, 2.45) is 0 Å². The van der Waals surface area contributed by atoms with Crippen LogP contribution in [0.4, 0.5) is 0 Å². The van der Waals surface area contributed by atoms with Crippen molar-refractivity contribution in [1.29, 1.82) is 0 Å². The minimum Gasteiger partial charge on any atom is -0.352 e. The van der Waals surface area contributed by atoms with Crippen LogP contribution in [-0.2, 0) is 16.4 Å². The molecule has 4 rings (SSSR count). The SMILES string of the molecule is O=C(NCCc1nc2ccccc2[nH]1)c1ccccc1S(=O)(=O)N1CCCCC1. The summed E-state index contributed by atoms with van der Waals surface area (Å²) < 4.78 is 27.6. The monoisotopic (exact) mass is 412 g/mol. The number of aromatic amines is 1. The number of fused-ring (bicyclic) bond motifs is 1. The minimum absolute atomic E-state index is 0.0723. The number of imidazole rings is 1. The lowest BCUT2D eigenvalue weighted by Crippen LogP contribution is -2.37. The van der Waals surface area contributed by atoms with Crippen LogP contribution >= 0.6 is 0 Å². The Morgan fingerprint density at radius 3 is 2.55 bits per heavy atom. The van der Waals surface area contributed by atoms with Crippen LogP contribution < -0.4 is 5.32 Å².